The van der Waals surface area contributed by atoms with Crippen LogP contribution in [-0.2, 0) is 0 Å². The van der Waals surface area contributed by atoms with Gasteiger partial charge in [-0.3, -0.25) is 4.98 Å². The Morgan fingerprint density at radius 2 is 1.73 bits per heavy atom. The number of nitrogens with zero attached hydrogens (tertiary/aromatic N) is 2. The van der Waals surface area contributed by atoms with Gasteiger partial charge in [0.15, 0.2) is 0 Å². The monoisotopic (exact) mass is 154 g/mol. The first-order chi connectivity index (χ1) is 5.38. The lowest BCUT2D eigenvalue weighted by molar-refractivity contribution is 0.223. The van der Waals surface area contributed by atoms with E-state index in [0.29, 0.717) is 0 Å². The predicted molar refractivity (Wildman–Crippen MR) is 40.9 cm³/mol. The summed E-state index contributed by atoms with van der Waals surface area (Å²) < 4.78 is 0. The molecule has 0 aliphatic rings. The molecule has 0 aromatic carbocycles. The summed E-state index contributed by atoms with van der Waals surface area (Å²) in [6.45, 7) is -0.388. The minimum Gasteiger partial charge on any atom is -0.376 e. The smallest absolute Gasteiger partial charge is 0.117 e. The van der Waals surface area contributed by atoms with Gasteiger partial charge < -0.3 is 15.1 Å². The molecule has 60 valence electrons. The van der Waals surface area contributed by atoms with E-state index in [0.717, 1.165) is 5.69 Å². The maximum absolute atomic E-state index is 8.72. The number of rotatable bonds is 3. The highest BCUT2D eigenvalue weighted by atomic mass is 16.3. The Hall–Kier alpha value is -1.13. The fraction of sp³-hybridized carbons (Fsp3) is 0.286. The SMILES string of the molecule is OCN(CO)c1ccncc1. The Morgan fingerprint density at radius 3 is 2.18 bits per heavy atom. The molecule has 0 aliphatic heterocycles. The molecular weight excluding hydrogens is 144 g/mol. The van der Waals surface area contributed by atoms with Gasteiger partial charge in [-0.15, -0.1) is 0 Å². The molecule has 0 amide bonds. The van der Waals surface area contributed by atoms with Gasteiger partial charge in [0.2, 0.25) is 0 Å². The van der Waals surface area contributed by atoms with Gasteiger partial charge in [0.25, 0.3) is 0 Å². The molecule has 1 aromatic rings. The molecule has 1 heterocycles. The highest BCUT2D eigenvalue weighted by Gasteiger charge is 1.99. The summed E-state index contributed by atoms with van der Waals surface area (Å²) in [5, 5.41) is 17.4. The van der Waals surface area contributed by atoms with Crippen LogP contribution >= 0.6 is 0 Å². The molecule has 0 spiro atoms. The molecule has 11 heavy (non-hydrogen) atoms. The van der Waals surface area contributed by atoms with Gasteiger partial charge in [-0.25, -0.2) is 0 Å². The molecule has 4 nitrogen and oxygen atoms in total. The molecule has 2 N–H and O–H groups in total. The summed E-state index contributed by atoms with van der Waals surface area (Å²) in [7, 11) is 0. The molecule has 0 saturated carbocycles. The van der Waals surface area contributed by atoms with Gasteiger partial charge in [-0.1, -0.05) is 0 Å². The molecule has 0 fully saturated rings. The van der Waals surface area contributed by atoms with Gasteiger partial charge in [-0.05, 0) is 12.1 Å². The Kier molecular flexibility index (Phi) is 2.83. The van der Waals surface area contributed by atoms with E-state index in [9.17, 15) is 0 Å². The third-order valence-corrected chi connectivity index (χ3v) is 1.37. The van der Waals surface area contributed by atoms with Gasteiger partial charge in [0, 0.05) is 18.1 Å². The number of hydrogen-bond acceptors (Lipinski definition) is 4. The van der Waals surface area contributed by atoms with Crippen molar-refractivity contribution in [3.63, 3.8) is 0 Å². The highest BCUT2D eigenvalue weighted by molar-refractivity contribution is 5.43. The zero-order chi connectivity index (χ0) is 8.10. The number of aliphatic hydroxyl groups is 2. The molecule has 0 unspecified atom stereocenters. The first kappa shape index (κ1) is 7.97. The standard InChI is InChI=1S/C7H10N2O2/c10-5-9(6-11)7-1-3-8-4-2-7/h1-4,10-11H,5-6H2. The molecule has 1 aromatic heterocycles. The second-order valence-corrected chi connectivity index (χ2v) is 2.03. The summed E-state index contributed by atoms with van der Waals surface area (Å²) in [4.78, 5) is 5.21. The number of anilines is 1. The van der Waals surface area contributed by atoms with Crippen molar-refractivity contribution in [1.82, 2.24) is 4.98 Å². The van der Waals surface area contributed by atoms with Crippen LogP contribution in [-0.4, -0.2) is 28.7 Å². The minimum atomic E-state index is -0.194. The molecule has 0 atom stereocenters. The van der Waals surface area contributed by atoms with Crippen LogP contribution in [0.25, 0.3) is 0 Å². The highest BCUT2D eigenvalue weighted by Crippen LogP contribution is 2.09. The fourth-order valence-corrected chi connectivity index (χ4v) is 0.763. The first-order valence-corrected chi connectivity index (χ1v) is 3.25. The van der Waals surface area contributed by atoms with Gasteiger partial charge in [0.1, 0.15) is 13.5 Å². The van der Waals surface area contributed by atoms with E-state index in [1.165, 1.54) is 4.90 Å². The van der Waals surface area contributed by atoms with Crippen molar-refractivity contribution < 1.29 is 10.2 Å². The van der Waals surface area contributed by atoms with Crippen molar-refractivity contribution in [1.29, 1.82) is 0 Å². The van der Waals surface area contributed by atoms with Crippen molar-refractivity contribution in [2.45, 2.75) is 0 Å². The van der Waals surface area contributed by atoms with E-state index in [4.69, 9.17) is 10.2 Å². The quantitative estimate of drug-likeness (QED) is 0.591. The summed E-state index contributed by atoms with van der Waals surface area (Å²) >= 11 is 0. The fourth-order valence-electron chi connectivity index (χ4n) is 0.763. The second-order valence-electron chi connectivity index (χ2n) is 2.03. The van der Waals surface area contributed by atoms with Crippen LogP contribution in [0.3, 0.4) is 0 Å². The van der Waals surface area contributed by atoms with Crippen LogP contribution in [0, 0.1) is 0 Å². The molecule has 4 heteroatoms. The normalized spacial score (nSPS) is 9.64. The van der Waals surface area contributed by atoms with Gasteiger partial charge in [-0.2, -0.15) is 0 Å². The zero-order valence-electron chi connectivity index (χ0n) is 6.01. The van der Waals surface area contributed by atoms with Crippen molar-refractivity contribution in [3.05, 3.63) is 24.5 Å². The van der Waals surface area contributed by atoms with Crippen LogP contribution in [0.2, 0.25) is 0 Å². The summed E-state index contributed by atoms with van der Waals surface area (Å²) in [5.74, 6) is 0. The lowest BCUT2D eigenvalue weighted by Crippen LogP contribution is -2.24. The number of pyridine rings is 1. The number of aliphatic hydroxyl groups excluding tert-OH is 2. The number of aromatic nitrogens is 1. The van der Waals surface area contributed by atoms with Crippen LogP contribution in [0.1, 0.15) is 0 Å². The number of hydrogen-bond donors (Lipinski definition) is 2. The molecule has 0 aliphatic carbocycles. The molecule has 0 saturated heterocycles. The summed E-state index contributed by atoms with van der Waals surface area (Å²) in [5.41, 5.74) is 0.755. The third kappa shape index (κ3) is 1.89. The third-order valence-electron chi connectivity index (χ3n) is 1.37. The average Bonchev–Trinajstić information content (AvgIpc) is 2.09. The van der Waals surface area contributed by atoms with Crippen molar-refractivity contribution in [3.8, 4) is 0 Å². The van der Waals surface area contributed by atoms with Crippen LogP contribution in [0.4, 0.5) is 5.69 Å². The van der Waals surface area contributed by atoms with Crippen molar-refractivity contribution >= 4 is 5.69 Å². The summed E-state index contributed by atoms with van der Waals surface area (Å²) in [6.07, 6.45) is 3.21. The molecule has 1 rings (SSSR count). The molecule has 0 bridgehead atoms. The van der Waals surface area contributed by atoms with Gasteiger partial charge >= 0.3 is 0 Å². The lowest BCUT2D eigenvalue weighted by atomic mass is 10.4. The van der Waals surface area contributed by atoms with Crippen LogP contribution < -0.4 is 4.90 Å². The van der Waals surface area contributed by atoms with E-state index in [-0.39, 0.29) is 13.5 Å². The maximum atomic E-state index is 8.72. The summed E-state index contributed by atoms with van der Waals surface area (Å²) in [6, 6.07) is 3.43. The Balaban J connectivity index is 2.74. The van der Waals surface area contributed by atoms with Crippen LogP contribution in [0.15, 0.2) is 24.5 Å². The van der Waals surface area contributed by atoms with E-state index >= 15 is 0 Å². The van der Waals surface area contributed by atoms with E-state index < -0.39 is 0 Å². The van der Waals surface area contributed by atoms with Crippen molar-refractivity contribution in [2.75, 3.05) is 18.4 Å². The lowest BCUT2D eigenvalue weighted by Gasteiger charge is -2.17. The second kappa shape index (κ2) is 3.90. The average molecular weight is 154 g/mol. The largest absolute Gasteiger partial charge is 0.376 e. The van der Waals surface area contributed by atoms with E-state index in [1.54, 1.807) is 24.5 Å². The Bertz CT molecular complexity index is 199. The predicted octanol–water partition coefficient (Wildman–Crippen LogP) is -0.212. The Morgan fingerprint density at radius 1 is 1.18 bits per heavy atom. The molecular formula is C7H10N2O2. The van der Waals surface area contributed by atoms with E-state index in [2.05, 4.69) is 4.98 Å². The Labute approximate surface area is 64.7 Å². The maximum Gasteiger partial charge on any atom is 0.117 e. The van der Waals surface area contributed by atoms with Gasteiger partial charge in [0.05, 0.1) is 0 Å². The molecule has 0 radical (unpaired) electrons. The topological polar surface area (TPSA) is 56.6 Å². The van der Waals surface area contributed by atoms with E-state index in [1.807, 2.05) is 0 Å². The van der Waals surface area contributed by atoms with Crippen LogP contribution in [0.5, 0.6) is 0 Å². The zero-order valence-corrected chi connectivity index (χ0v) is 6.01. The first-order valence-electron chi connectivity index (χ1n) is 3.25. The van der Waals surface area contributed by atoms with Crippen molar-refractivity contribution in [2.24, 2.45) is 0 Å². The minimum absolute atomic E-state index is 0.194.